The molecule has 1 saturated carbocycles. The first-order valence-corrected chi connectivity index (χ1v) is 11.6. The van der Waals surface area contributed by atoms with Gasteiger partial charge in [-0.15, -0.1) is 0 Å². The minimum Gasteiger partial charge on any atom is -0.354 e. The highest BCUT2D eigenvalue weighted by atomic mass is 19.1. The minimum atomic E-state index is -0.836. The van der Waals surface area contributed by atoms with E-state index in [2.05, 4.69) is 25.6 Å². The van der Waals surface area contributed by atoms with Crippen molar-refractivity contribution < 1.29 is 18.7 Å². The predicted molar refractivity (Wildman–Crippen MR) is 126 cm³/mol. The van der Waals surface area contributed by atoms with Crippen LogP contribution in [0.1, 0.15) is 31.9 Å². The van der Waals surface area contributed by atoms with Crippen LogP contribution in [0.2, 0.25) is 0 Å². The molecule has 1 saturated heterocycles. The normalized spacial score (nSPS) is 22.1. The van der Waals surface area contributed by atoms with Gasteiger partial charge in [0.15, 0.2) is 5.82 Å². The summed E-state index contributed by atoms with van der Waals surface area (Å²) in [6.07, 6.45) is 3.08. The maximum absolute atomic E-state index is 13.6. The van der Waals surface area contributed by atoms with E-state index in [1.54, 1.807) is 31.3 Å². The predicted octanol–water partition coefficient (Wildman–Crippen LogP) is 2.37. The van der Waals surface area contributed by atoms with Crippen LogP contribution in [0.15, 0.2) is 36.5 Å². The Hall–Kier alpha value is -3.41. The van der Waals surface area contributed by atoms with E-state index in [0.29, 0.717) is 53.5 Å². The van der Waals surface area contributed by atoms with Gasteiger partial charge in [0.2, 0.25) is 18.1 Å². The standard InChI is InChI=1S/C24H28FN7O3/c1-24(22(33)27-11-9-26)12-34-21(35-13-24)20-31-18(14-2-4-15(25)5-3-14)19(32-20)17-8-10-28-23(30-17)29-16-6-7-16/h2-5,8,10,16,21H,6-7,9,11-13,26H2,1H3,(H,27,33)(H,31,32)(H,28,29,30). The number of hydrogen-bond donors (Lipinski definition) is 4. The summed E-state index contributed by atoms with van der Waals surface area (Å²) < 4.78 is 25.4. The molecule has 5 N–H and O–H groups in total. The maximum Gasteiger partial charge on any atom is 0.230 e. The molecule has 5 rings (SSSR count). The number of nitrogens with two attached hydrogens (primary N) is 1. The van der Waals surface area contributed by atoms with E-state index >= 15 is 0 Å². The third kappa shape index (κ3) is 5.16. The number of aromatic amines is 1. The van der Waals surface area contributed by atoms with Crippen molar-refractivity contribution >= 4 is 11.9 Å². The Morgan fingerprint density at radius 1 is 1.20 bits per heavy atom. The topological polar surface area (TPSA) is 140 Å². The van der Waals surface area contributed by atoms with E-state index in [9.17, 15) is 9.18 Å². The lowest BCUT2D eigenvalue weighted by Crippen LogP contribution is -2.49. The third-order valence-corrected chi connectivity index (χ3v) is 5.97. The Kier molecular flexibility index (Phi) is 6.46. The van der Waals surface area contributed by atoms with Gasteiger partial charge in [-0.3, -0.25) is 4.79 Å². The first kappa shape index (κ1) is 23.3. The van der Waals surface area contributed by atoms with Gasteiger partial charge in [0, 0.05) is 30.9 Å². The van der Waals surface area contributed by atoms with Crippen molar-refractivity contribution in [1.82, 2.24) is 25.3 Å². The highest BCUT2D eigenvalue weighted by molar-refractivity contribution is 5.82. The average molecular weight is 482 g/mol. The molecule has 1 amide bonds. The first-order chi connectivity index (χ1) is 16.9. The molecule has 3 aromatic rings. The van der Waals surface area contributed by atoms with Crippen LogP contribution in [0.5, 0.6) is 0 Å². The number of rotatable bonds is 8. The number of nitrogens with zero attached hydrogens (tertiary/aromatic N) is 3. The second kappa shape index (κ2) is 9.68. The number of benzene rings is 1. The van der Waals surface area contributed by atoms with Crippen LogP contribution in [0.3, 0.4) is 0 Å². The Bertz CT molecular complexity index is 1190. The lowest BCUT2D eigenvalue weighted by molar-refractivity contribution is -0.231. The minimum absolute atomic E-state index is 0.152. The highest BCUT2D eigenvalue weighted by Gasteiger charge is 2.40. The zero-order valence-corrected chi connectivity index (χ0v) is 19.4. The van der Waals surface area contributed by atoms with E-state index in [1.807, 2.05) is 0 Å². The molecular weight excluding hydrogens is 453 g/mol. The summed E-state index contributed by atoms with van der Waals surface area (Å²) in [6, 6.07) is 8.26. The monoisotopic (exact) mass is 481 g/mol. The molecule has 1 aliphatic carbocycles. The van der Waals surface area contributed by atoms with Crippen molar-refractivity contribution in [3.8, 4) is 22.6 Å². The molecule has 0 spiro atoms. The van der Waals surface area contributed by atoms with Crippen molar-refractivity contribution in [1.29, 1.82) is 0 Å². The Morgan fingerprint density at radius 3 is 2.63 bits per heavy atom. The quantitative estimate of drug-likeness (QED) is 0.384. The SMILES string of the molecule is CC1(C(=O)NCCN)COC(c2nc(-c3ccc(F)cc3)c(-c3ccnc(NC4CC4)n3)[nH]2)OC1. The second-order valence-electron chi connectivity index (χ2n) is 9.10. The fourth-order valence-electron chi connectivity index (χ4n) is 3.78. The van der Waals surface area contributed by atoms with E-state index < -0.39 is 11.7 Å². The summed E-state index contributed by atoms with van der Waals surface area (Å²) in [7, 11) is 0. The molecule has 2 aliphatic rings. The number of amides is 1. The van der Waals surface area contributed by atoms with Crippen LogP contribution in [-0.2, 0) is 14.3 Å². The fourth-order valence-corrected chi connectivity index (χ4v) is 3.78. The molecule has 3 heterocycles. The average Bonchev–Trinajstić information content (AvgIpc) is 3.57. The van der Waals surface area contributed by atoms with Crippen LogP contribution >= 0.6 is 0 Å². The van der Waals surface area contributed by atoms with E-state index in [4.69, 9.17) is 20.2 Å². The Morgan fingerprint density at radius 2 is 1.94 bits per heavy atom. The van der Waals surface area contributed by atoms with E-state index in [-0.39, 0.29) is 24.9 Å². The van der Waals surface area contributed by atoms with Gasteiger partial charge in [-0.2, -0.15) is 0 Å². The van der Waals surface area contributed by atoms with Crippen molar-refractivity contribution in [2.75, 3.05) is 31.6 Å². The van der Waals surface area contributed by atoms with Gasteiger partial charge < -0.3 is 30.8 Å². The summed E-state index contributed by atoms with van der Waals surface area (Å²) in [5.41, 5.74) is 7.20. The summed E-state index contributed by atoms with van der Waals surface area (Å²) in [4.78, 5) is 29.5. The zero-order chi connectivity index (χ0) is 24.4. The number of halogens is 1. The van der Waals surface area contributed by atoms with Crippen LogP contribution in [-0.4, -0.2) is 58.2 Å². The van der Waals surface area contributed by atoms with E-state index in [0.717, 1.165) is 12.8 Å². The van der Waals surface area contributed by atoms with Gasteiger partial charge in [0.05, 0.1) is 35.7 Å². The van der Waals surface area contributed by atoms with Gasteiger partial charge in [-0.05, 0) is 50.1 Å². The number of aromatic nitrogens is 4. The van der Waals surface area contributed by atoms with Gasteiger partial charge in [-0.1, -0.05) is 0 Å². The van der Waals surface area contributed by atoms with Crippen molar-refractivity contribution in [2.45, 2.75) is 32.1 Å². The smallest absolute Gasteiger partial charge is 0.230 e. The molecule has 35 heavy (non-hydrogen) atoms. The van der Waals surface area contributed by atoms with Crippen molar-refractivity contribution in [3.63, 3.8) is 0 Å². The summed E-state index contributed by atoms with van der Waals surface area (Å²) >= 11 is 0. The molecule has 0 bridgehead atoms. The number of carbonyl (C=O) groups is 1. The maximum atomic E-state index is 13.6. The molecule has 184 valence electrons. The number of H-pyrrole nitrogens is 1. The molecule has 2 aromatic heterocycles. The molecule has 10 nitrogen and oxygen atoms in total. The van der Waals surface area contributed by atoms with Crippen LogP contribution in [0.25, 0.3) is 22.6 Å². The van der Waals surface area contributed by atoms with Gasteiger partial charge in [0.1, 0.15) is 5.82 Å². The van der Waals surface area contributed by atoms with Gasteiger partial charge in [0.25, 0.3) is 0 Å². The lowest BCUT2D eigenvalue weighted by atomic mass is 9.91. The molecule has 0 atom stereocenters. The number of imidazole rings is 1. The number of ether oxygens (including phenoxy) is 2. The lowest BCUT2D eigenvalue weighted by Gasteiger charge is -2.35. The fraction of sp³-hybridized carbons (Fsp3) is 0.417. The number of anilines is 1. The van der Waals surface area contributed by atoms with Crippen LogP contribution in [0.4, 0.5) is 10.3 Å². The molecular formula is C24H28FN7O3. The summed E-state index contributed by atoms with van der Waals surface area (Å²) in [5.74, 6) is 0.454. The second-order valence-corrected chi connectivity index (χ2v) is 9.10. The zero-order valence-electron chi connectivity index (χ0n) is 19.4. The molecule has 1 aliphatic heterocycles. The number of carbonyl (C=O) groups excluding carboxylic acids is 1. The first-order valence-electron chi connectivity index (χ1n) is 11.6. The Balaban J connectivity index is 1.42. The van der Waals surface area contributed by atoms with E-state index in [1.165, 1.54) is 12.1 Å². The Labute approximate surface area is 201 Å². The molecule has 0 radical (unpaired) electrons. The highest BCUT2D eigenvalue weighted by Crippen LogP contribution is 2.35. The largest absolute Gasteiger partial charge is 0.354 e. The molecule has 0 unspecified atom stereocenters. The van der Waals surface area contributed by atoms with Crippen molar-refractivity contribution in [2.24, 2.45) is 11.1 Å². The molecule has 11 heteroatoms. The molecule has 2 fully saturated rings. The van der Waals surface area contributed by atoms with Crippen LogP contribution in [0, 0.1) is 11.2 Å². The van der Waals surface area contributed by atoms with Crippen LogP contribution < -0.4 is 16.4 Å². The number of nitrogens with one attached hydrogen (secondary N) is 3. The van der Waals surface area contributed by atoms with Gasteiger partial charge in [-0.25, -0.2) is 19.3 Å². The summed E-state index contributed by atoms with van der Waals surface area (Å²) in [6.45, 7) is 2.82. The molecule has 1 aromatic carbocycles. The summed E-state index contributed by atoms with van der Waals surface area (Å²) in [5, 5.41) is 6.08. The van der Waals surface area contributed by atoms with Crippen molar-refractivity contribution in [3.05, 3.63) is 48.2 Å². The third-order valence-electron chi connectivity index (χ3n) is 5.97. The van der Waals surface area contributed by atoms with Gasteiger partial charge >= 0.3 is 0 Å². The number of hydrogen-bond acceptors (Lipinski definition) is 8.